The maximum absolute atomic E-state index is 5.58. The van der Waals surface area contributed by atoms with Gasteiger partial charge in [0.25, 0.3) is 0 Å². The Hall–Kier alpha value is -1.28. The van der Waals surface area contributed by atoms with Gasteiger partial charge in [-0.15, -0.1) is 0 Å². The highest BCUT2D eigenvalue weighted by atomic mass is 16.5. The van der Waals surface area contributed by atoms with Crippen LogP contribution in [0.25, 0.3) is 6.08 Å². The molecule has 2 heteroatoms. The van der Waals surface area contributed by atoms with Crippen molar-refractivity contribution in [1.82, 2.24) is 0 Å². The van der Waals surface area contributed by atoms with E-state index in [2.05, 4.69) is 18.2 Å². The number of fused-ring (bicyclic) bond motifs is 1. The molecule has 0 aromatic heterocycles. The highest BCUT2D eigenvalue weighted by Crippen LogP contribution is 2.27. The second-order valence-electron chi connectivity index (χ2n) is 3.25. The number of rotatable bonds is 2. The molecule has 0 aliphatic heterocycles. The minimum atomic E-state index is 0.650. The summed E-state index contributed by atoms with van der Waals surface area (Å²) in [5, 5.41) is 0. The Kier molecular flexibility index (Phi) is 2.07. The van der Waals surface area contributed by atoms with Crippen LogP contribution in [0.2, 0.25) is 0 Å². The quantitative estimate of drug-likeness (QED) is 0.740. The van der Waals surface area contributed by atoms with Gasteiger partial charge in [0.1, 0.15) is 5.75 Å². The van der Waals surface area contributed by atoms with Crippen LogP contribution in [0.1, 0.15) is 11.1 Å². The van der Waals surface area contributed by atoms with Crippen LogP contribution in [0.3, 0.4) is 0 Å². The summed E-state index contributed by atoms with van der Waals surface area (Å²) in [4.78, 5) is 0. The molecule has 0 radical (unpaired) electrons. The Bertz CT molecular complexity index is 355. The first-order valence-corrected chi connectivity index (χ1v) is 4.40. The first kappa shape index (κ1) is 8.32. The SMILES string of the molecule is COc1ccc2c(c1)C=C(CN)C2. The molecule has 68 valence electrons. The number of nitrogens with two attached hydrogens (primary N) is 1. The molecule has 13 heavy (non-hydrogen) atoms. The summed E-state index contributed by atoms with van der Waals surface area (Å²) in [6, 6.07) is 6.15. The first-order chi connectivity index (χ1) is 6.33. The molecule has 1 aromatic rings. The van der Waals surface area contributed by atoms with E-state index >= 15 is 0 Å². The van der Waals surface area contributed by atoms with Crippen LogP contribution in [0.5, 0.6) is 5.75 Å². The fourth-order valence-electron chi connectivity index (χ4n) is 1.64. The third-order valence-corrected chi connectivity index (χ3v) is 2.39. The van der Waals surface area contributed by atoms with E-state index in [1.165, 1.54) is 16.7 Å². The van der Waals surface area contributed by atoms with Crippen LogP contribution in [0.4, 0.5) is 0 Å². The summed E-state index contributed by atoms with van der Waals surface area (Å²) in [5.41, 5.74) is 9.48. The molecule has 0 heterocycles. The predicted octanol–water partition coefficient (Wildman–Crippen LogP) is 1.59. The van der Waals surface area contributed by atoms with Gasteiger partial charge in [0.05, 0.1) is 7.11 Å². The van der Waals surface area contributed by atoms with Gasteiger partial charge < -0.3 is 10.5 Å². The summed E-state index contributed by atoms with van der Waals surface area (Å²) in [6.07, 6.45) is 3.15. The maximum atomic E-state index is 5.58. The van der Waals surface area contributed by atoms with Crippen molar-refractivity contribution in [3.63, 3.8) is 0 Å². The molecule has 0 spiro atoms. The molecule has 0 bridgehead atoms. The van der Waals surface area contributed by atoms with Gasteiger partial charge in [-0.3, -0.25) is 0 Å². The van der Waals surface area contributed by atoms with Gasteiger partial charge in [0.15, 0.2) is 0 Å². The molecule has 2 rings (SSSR count). The zero-order chi connectivity index (χ0) is 9.26. The molecule has 1 aliphatic rings. The van der Waals surface area contributed by atoms with Crippen LogP contribution in [0.15, 0.2) is 23.8 Å². The van der Waals surface area contributed by atoms with Crippen LogP contribution in [-0.2, 0) is 6.42 Å². The summed E-state index contributed by atoms with van der Waals surface area (Å²) in [5.74, 6) is 0.910. The van der Waals surface area contributed by atoms with E-state index < -0.39 is 0 Å². The fourth-order valence-corrected chi connectivity index (χ4v) is 1.64. The molecule has 0 saturated heterocycles. The number of benzene rings is 1. The van der Waals surface area contributed by atoms with Crippen LogP contribution in [-0.4, -0.2) is 13.7 Å². The predicted molar refractivity (Wildman–Crippen MR) is 53.7 cm³/mol. The zero-order valence-electron chi connectivity index (χ0n) is 7.71. The molecule has 0 unspecified atom stereocenters. The Morgan fingerprint density at radius 1 is 1.46 bits per heavy atom. The largest absolute Gasteiger partial charge is 0.497 e. The Morgan fingerprint density at radius 2 is 2.31 bits per heavy atom. The summed E-state index contributed by atoms with van der Waals surface area (Å²) >= 11 is 0. The minimum absolute atomic E-state index is 0.650. The monoisotopic (exact) mass is 175 g/mol. The molecule has 0 saturated carbocycles. The van der Waals surface area contributed by atoms with E-state index in [9.17, 15) is 0 Å². The van der Waals surface area contributed by atoms with Crippen LogP contribution < -0.4 is 10.5 Å². The molecular formula is C11H13NO. The molecule has 1 aromatic carbocycles. The summed E-state index contributed by atoms with van der Waals surface area (Å²) < 4.78 is 5.15. The number of hydrogen-bond donors (Lipinski definition) is 1. The van der Waals surface area contributed by atoms with Gasteiger partial charge in [-0.1, -0.05) is 17.7 Å². The normalized spacial score (nSPS) is 13.8. The highest BCUT2D eigenvalue weighted by molar-refractivity contribution is 5.65. The summed E-state index contributed by atoms with van der Waals surface area (Å²) in [6.45, 7) is 0.650. The first-order valence-electron chi connectivity index (χ1n) is 4.40. The Morgan fingerprint density at radius 3 is 3.00 bits per heavy atom. The molecule has 2 nitrogen and oxygen atoms in total. The average Bonchev–Trinajstić information content (AvgIpc) is 2.58. The van der Waals surface area contributed by atoms with Crippen molar-refractivity contribution < 1.29 is 4.74 Å². The summed E-state index contributed by atoms with van der Waals surface area (Å²) in [7, 11) is 1.68. The second kappa shape index (κ2) is 3.23. The smallest absolute Gasteiger partial charge is 0.119 e. The third-order valence-electron chi connectivity index (χ3n) is 2.39. The molecular weight excluding hydrogens is 162 g/mol. The van der Waals surface area contributed by atoms with E-state index in [4.69, 9.17) is 10.5 Å². The van der Waals surface area contributed by atoms with Crippen molar-refractivity contribution in [3.8, 4) is 5.75 Å². The lowest BCUT2D eigenvalue weighted by Gasteiger charge is -2.02. The van der Waals surface area contributed by atoms with Crippen LogP contribution in [0, 0.1) is 0 Å². The fraction of sp³-hybridized carbons (Fsp3) is 0.273. The van der Waals surface area contributed by atoms with Gasteiger partial charge in [0, 0.05) is 6.54 Å². The standard InChI is InChI=1S/C11H13NO/c1-13-11-3-2-9-4-8(7-12)5-10(9)6-11/h2-3,5-6H,4,7,12H2,1H3. The number of hydrogen-bond acceptors (Lipinski definition) is 2. The van der Waals surface area contributed by atoms with Gasteiger partial charge in [-0.05, 0) is 29.7 Å². The number of methoxy groups -OCH3 is 1. The van der Waals surface area contributed by atoms with Crippen molar-refractivity contribution in [3.05, 3.63) is 34.9 Å². The van der Waals surface area contributed by atoms with E-state index in [1.54, 1.807) is 7.11 Å². The lowest BCUT2D eigenvalue weighted by molar-refractivity contribution is 0.414. The minimum Gasteiger partial charge on any atom is -0.497 e. The van der Waals surface area contributed by atoms with Gasteiger partial charge >= 0.3 is 0 Å². The van der Waals surface area contributed by atoms with Gasteiger partial charge in [0.2, 0.25) is 0 Å². The van der Waals surface area contributed by atoms with E-state index in [0.717, 1.165) is 12.2 Å². The molecule has 0 fully saturated rings. The van der Waals surface area contributed by atoms with Crippen molar-refractivity contribution >= 4 is 6.08 Å². The molecule has 0 amide bonds. The third kappa shape index (κ3) is 1.45. The Balaban J connectivity index is 2.36. The van der Waals surface area contributed by atoms with Crippen molar-refractivity contribution in [2.24, 2.45) is 5.73 Å². The second-order valence-corrected chi connectivity index (χ2v) is 3.25. The van der Waals surface area contributed by atoms with Crippen LogP contribution >= 0.6 is 0 Å². The maximum Gasteiger partial charge on any atom is 0.119 e. The Labute approximate surface area is 78.0 Å². The number of ether oxygens (including phenoxy) is 1. The van der Waals surface area contributed by atoms with E-state index in [0.29, 0.717) is 6.54 Å². The topological polar surface area (TPSA) is 35.2 Å². The van der Waals surface area contributed by atoms with E-state index in [1.807, 2.05) is 6.07 Å². The van der Waals surface area contributed by atoms with Gasteiger partial charge in [-0.2, -0.15) is 0 Å². The average molecular weight is 175 g/mol. The van der Waals surface area contributed by atoms with Gasteiger partial charge in [-0.25, -0.2) is 0 Å². The van der Waals surface area contributed by atoms with Crippen molar-refractivity contribution in [2.45, 2.75) is 6.42 Å². The van der Waals surface area contributed by atoms with E-state index in [-0.39, 0.29) is 0 Å². The lowest BCUT2D eigenvalue weighted by atomic mass is 10.1. The van der Waals surface area contributed by atoms with Crippen molar-refractivity contribution in [1.29, 1.82) is 0 Å². The van der Waals surface area contributed by atoms with Crippen molar-refractivity contribution in [2.75, 3.05) is 13.7 Å². The highest BCUT2D eigenvalue weighted by Gasteiger charge is 2.11. The lowest BCUT2D eigenvalue weighted by Crippen LogP contribution is -2.02. The molecule has 0 atom stereocenters. The molecule has 2 N–H and O–H groups in total. The zero-order valence-corrected chi connectivity index (χ0v) is 7.71. The molecule has 1 aliphatic carbocycles.